The van der Waals surface area contributed by atoms with Crippen LogP contribution in [0.5, 0.6) is 0 Å². The van der Waals surface area contributed by atoms with E-state index in [4.69, 9.17) is 10.9 Å². The Balaban J connectivity index is 1.57. The lowest BCUT2D eigenvalue weighted by molar-refractivity contribution is 0.0706. The molecule has 1 atom stereocenters. The third kappa shape index (κ3) is 3.35. The zero-order valence-electron chi connectivity index (χ0n) is 15.2. The Morgan fingerprint density at radius 2 is 2.04 bits per heavy atom. The van der Waals surface area contributed by atoms with Crippen molar-refractivity contribution in [2.45, 2.75) is 25.4 Å². The molecule has 2 amide bonds. The number of likely N-dealkylation sites (tertiary alicyclic amines) is 1. The van der Waals surface area contributed by atoms with Crippen molar-refractivity contribution in [1.29, 1.82) is 0 Å². The van der Waals surface area contributed by atoms with Gasteiger partial charge in [-0.3, -0.25) is 19.7 Å². The molecule has 0 spiro atoms. The van der Waals surface area contributed by atoms with E-state index in [2.05, 4.69) is 14.9 Å². The summed E-state index contributed by atoms with van der Waals surface area (Å²) in [6, 6.07) is 12.6. The normalized spacial score (nSPS) is 17.1. The molecule has 0 aliphatic carbocycles. The van der Waals surface area contributed by atoms with Gasteiger partial charge in [-0.15, -0.1) is 0 Å². The first-order valence-corrected chi connectivity index (χ1v) is 9.12. The third-order valence-corrected chi connectivity index (χ3v) is 5.18. The molecule has 0 unspecified atom stereocenters. The van der Waals surface area contributed by atoms with Crippen LogP contribution in [0.25, 0.3) is 11.0 Å². The molecule has 1 aromatic heterocycles. The Labute approximate surface area is 161 Å². The summed E-state index contributed by atoms with van der Waals surface area (Å²) in [5.74, 6) is -0.186. The summed E-state index contributed by atoms with van der Waals surface area (Å²) in [6.45, 7) is 1.65. The van der Waals surface area contributed by atoms with E-state index in [1.54, 1.807) is 29.7 Å². The minimum atomic E-state index is -0.530. The topological polar surface area (TPSA) is 124 Å². The van der Waals surface area contributed by atoms with Crippen molar-refractivity contribution in [3.63, 3.8) is 0 Å². The van der Waals surface area contributed by atoms with Crippen LogP contribution in [-0.2, 0) is 6.54 Å². The van der Waals surface area contributed by atoms with Gasteiger partial charge in [-0.1, -0.05) is 18.2 Å². The van der Waals surface area contributed by atoms with E-state index >= 15 is 0 Å². The molecule has 1 aliphatic rings. The van der Waals surface area contributed by atoms with Crippen LogP contribution in [0.2, 0.25) is 0 Å². The van der Waals surface area contributed by atoms with Crippen LogP contribution >= 0.6 is 0 Å². The van der Waals surface area contributed by atoms with Gasteiger partial charge < -0.3 is 10.7 Å². The van der Waals surface area contributed by atoms with E-state index in [9.17, 15) is 9.59 Å². The summed E-state index contributed by atoms with van der Waals surface area (Å²) in [6.07, 6.45) is 2.02. The number of fused-ring (bicyclic) bond motifs is 1. The quantitative estimate of drug-likeness (QED) is 0.399. The molecule has 0 bridgehead atoms. The fourth-order valence-corrected chi connectivity index (χ4v) is 3.79. The number of aromatic nitrogens is 2. The van der Waals surface area contributed by atoms with Crippen molar-refractivity contribution in [2.24, 2.45) is 5.73 Å². The highest BCUT2D eigenvalue weighted by atomic mass is 16.5. The number of imidazole rings is 1. The van der Waals surface area contributed by atoms with E-state index in [1.165, 1.54) is 0 Å². The van der Waals surface area contributed by atoms with Crippen molar-refractivity contribution in [3.05, 3.63) is 65.0 Å². The van der Waals surface area contributed by atoms with E-state index in [0.717, 1.165) is 36.3 Å². The average Bonchev–Trinajstić information content (AvgIpc) is 3.33. The number of amides is 2. The molecule has 144 valence electrons. The summed E-state index contributed by atoms with van der Waals surface area (Å²) in [5.41, 5.74) is 10.4. The summed E-state index contributed by atoms with van der Waals surface area (Å²) in [5, 5.41) is 8.71. The summed E-state index contributed by atoms with van der Waals surface area (Å²) in [4.78, 5) is 33.5. The standard InChI is InChI=1S/C20H21N5O3/c21-18(26)14-3-1-4-15-17(14)23-19(22-15)16-5-2-10-25(16)11-12-6-8-13(9-7-12)20(27)24-28/h1,3-4,6-9,16,28H,2,5,10-11H2,(H2,21,26)(H,22,23)(H,24,27)/t16-/m0/s1. The highest BCUT2D eigenvalue weighted by Crippen LogP contribution is 2.33. The molecule has 3 aromatic rings. The minimum absolute atomic E-state index is 0.119. The highest BCUT2D eigenvalue weighted by Gasteiger charge is 2.29. The molecule has 2 heterocycles. The maximum atomic E-state index is 11.7. The molecule has 5 N–H and O–H groups in total. The van der Waals surface area contributed by atoms with E-state index in [1.807, 2.05) is 18.2 Å². The predicted molar refractivity (Wildman–Crippen MR) is 103 cm³/mol. The third-order valence-electron chi connectivity index (χ3n) is 5.18. The van der Waals surface area contributed by atoms with E-state index < -0.39 is 11.8 Å². The summed E-state index contributed by atoms with van der Waals surface area (Å²) in [7, 11) is 0. The first-order chi connectivity index (χ1) is 13.6. The predicted octanol–water partition coefficient (Wildman–Crippen LogP) is 2.12. The smallest absolute Gasteiger partial charge is 0.274 e. The lowest BCUT2D eigenvalue weighted by Gasteiger charge is -2.23. The van der Waals surface area contributed by atoms with Gasteiger partial charge in [-0.2, -0.15) is 0 Å². The second-order valence-corrected chi connectivity index (χ2v) is 6.95. The number of hydrogen-bond acceptors (Lipinski definition) is 5. The first kappa shape index (κ1) is 18.1. The van der Waals surface area contributed by atoms with Gasteiger partial charge >= 0.3 is 0 Å². The molecule has 0 saturated carbocycles. The largest absolute Gasteiger partial charge is 0.366 e. The van der Waals surface area contributed by atoms with Crippen LogP contribution < -0.4 is 11.2 Å². The number of nitrogens with zero attached hydrogens (tertiary/aromatic N) is 2. The van der Waals surface area contributed by atoms with Gasteiger partial charge in [0.05, 0.1) is 17.1 Å². The van der Waals surface area contributed by atoms with Crippen molar-refractivity contribution in [2.75, 3.05) is 6.54 Å². The molecule has 8 heteroatoms. The number of hydroxylamine groups is 1. The van der Waals surface area contributed by atoms with Crippen LogP contribution in [0.1, 0.15) is 51.0 Å². The van der Waals surface area contributed by atoms with Crippen LogP contribution in [-0.4, -0.2) is 38.4 Å². The number of rotatable bonds is 5. The Morgan fingerprint density at radius 1 is 1.25 bits per heavy atom. The van der Waals surface area contributed by atoms with Gasteiger partial charge in [0.1, 0.15) is 11.3 Å². The molecule has 2 aromatic carbocycles. The Bertz CT molecular complexity index is 1030. The minimum Gasteiger partial charge on any atom is -0.366 e. The maximum absolute atomic E-state index is 11.7. The molecule has 4 rings (SSSR count). The van der Waals surface area contributed by atoms with Gasteiger partial charge in [0, 0.05) is 12.1 Å². The average molecular weight is 379 g/mol. The molecular weight excluding hydrogens is 358 g/mol. The number of para-hydroxylation sites is 1. The van der Waals surface area contributed by atoms with Crippen LogP contribution in [0.3, 0.4) is 0 Å². The monoisotopic (exact) mass is 379 g/mol. The Hall–Kier alpha value is -3.23. The van der Waals surface area contributed by atoms with Crippen LogP contribution in [0, 0.1) is 0 Å². The number of carbonyl (C=O) groups is 2. The van der Waals surface area contributed by atoms with Crippen LogP contribution in [0.4, 0.5) is 0 Å². The van der Waals surface area contributed by atoms with Crippen molar-refractivity contribution >= 4 is 22.8 Å². The number of aromatic amines is 1. The van der Waals surface area contributed by atoms with Gasteiger partial charge in [-0.05, 0) is 49.2 Å². The summed E-state index contributed by atoms with van der Waals surface area (Å²) < 4.78 is 0. The lowest BCUT2D eigenvalue weighted by Crippen LogP contribution is -2.24. The number of benzene rings is 2. The van der Waals surface area contributed by atoms with Gasteiger partial charge in [0.25, 0.3) is 11.8 Å². The zero-order chi connectivity index (χ0) is 19.7. The molecule has 1 fully saturated rings. The van der Waals surface area contributed by atoms with Gasteiger partial charge in [-0.25, -0.2) is 10.5 Å². The summed E-state index contributed by atoms with van der Waals surface area (Å²) >= 11 is 0. The molecular formula is C20H21N5O3. The van der Waals surface area contributed by atoms with Crippen LogP contribution in [0.15, 0.2) is 42.5 Å². The Kier molecular flexibility index (Phi) is 4.81. The molecule has 1 saturated heterocycles. The number of nitrogens with two attached hydrogens (primary N) is 1. The fourth-order valence-electron chi connectivity index (χ4n) is 3.79. The maximum Gasteiger partial charge on any atom is 0.274 e. The second kappa shape index (κ2) is 7.41. The van der Waals surface area contributed by atoms with E-state index in [-0.39, 0.29) is 6.04 Å². The van der Waals surface area contributed by atoms with E-state index in [0.29, 0.717) is 23.2 Å². The molecule has 0 radical (unpaired) electrons. The molecule has 8 nitrogen and oxygen atoms in total. The zero-order valence-corrected chi connectivity index (χ0v) is 15.2. The van der Waals surface area contributed by atoms with Crippen molar-refractivity contribution in [3.8, 4) is 0 Å². The van der Waals surface area contributed by atoms with Crippen molar-refractivity contribution in [1.82, 2.24) is 20.3 Å². The van der Waals surface area contributed by atoms with Crippen molar-refractivity contribution < 1.29 is 14.8 Å². The Morgan fingerprint density at radius 3 is 2.75 bits per heavy atom. The molecule has 1 aliphatic heterocycles. The number of nitrogens with one attached hydrogen (secondary N) is 2. The SMILES string of the molecule is NC(=O)c1cccc2[nH]c([C@@H]3CCCN3Cc3ccc(C(=O)NO)cc3)nc12. The number of hydrogen-bond donors (Lipinski definition) is 4. The number of primary amides is 1. The second-order valence-electron chi connectivity index (χ2n) is 6.95. The highest BCUT2D eigenvalue weighted by molar-refractivity contribution is 6.04. The number of carbonyl (C=O) groups excluding carboxylic acids is 2. The van der Waals surface area contributed by atoms with Gasteiger partial charge in [0.2, 0.25) is 0 Å². The van der Waals surface area contributed by atoms with Gasteiger partial charge in [0.15, 0.2) is 0 Å². The fraction of sp³-hybridized carbons (Fsp3) is 0.250. The molecule has 28 heavy (non-hydrogen) atoms. The number of H-pyrrole nitrogens is 1. The first-order valence-electron chi connectivity index (χ1n) is 9.12. The lowest BCUT2D eigenvalue weighted by atomic mass is 10.1.